The maximum absolute atomic E-state index is 10.4. The second-order valence-electron chi connectivity index (χ2n) is 14.8. The summed E-state index contributed by atoms with van der Waals surface area (Å²) in [6, 6.07) is 0. The lowest BCUT2D eigenvalue weighted by atomic mass is 10.0. The first-order valence-electron chi connectivity index (χ1n) is 21.5. The van der Waals surface area contributed by atoms with E-state index in [-0.39, 0.29) is 6.61 Å². The molecular formula is C43H87O. The Hall–Kier alpha value is -0.0400. The molecule has 0 spiro atoms. The van der Waals surface area contributed by atoms with Crippen LogP contribution in [0.1, 0.15) is 270 Å². The first-order chi connectivity index (χ1) is 21.9. The van der Waals surface area contributed by atoms with Crippen LogP contribution in [0.4, 0.5) is 0 Å². The third-order valence-electron chi connectivity index (χ3n) is 10.2. The summed E-state index contributed by atoms with van der Waals surface area (Å²) in [7, 11) is 0. The lowest BCUT2D eigenvalue weighted by Crippen LogP contribution is -1.85. The Bertz CT molecular complexity index is 418. The zero-order valence-electron chi connectivity index (χ0n) is 31.1. The Morgan fingerprint density at radius 3 is 0.409 bits per heavy atom. The van der Waals surface area contributed by atoms with Crippen molar-refractivity contribution in [3.8, 4) is 0 Å². The molecule has 265 valence electrons. The van der Waals surface area contributed by atoms with Crippen molar-refractivity contribution in [2.24, 2.45) is 0 Å². The van der Waals surface area contributed by atoms with Gasteiger partial charge in [-0.25, -0.2) is 5.11 Å². The summed E-state index contributed by atoms with van der Waals surface area (Å²) < 4.78 is 0. The van der Waals surface area contributed by atoms with Gasteiger partial charge < -0.3 is 0 Å². The van der Waals surface area contributed by atoms with Crippen LogP contribution in [-0.4, -0.2) is 6.61 Å². The van der Waals surface area contributed by atoms with E-state index in [2.05, 4.69) is 6.92 Å². The molecule has 0 rings (SSSR count). The molecular weight excluding hydrogens is 532 g/mol. The highest BCUT2D eigenvalue weighted by Gasteiger charge is 1.98. The second kappa shape index (κ2) is 43.0. The van der Waals surface area contributed by atoms with Crippen LogP contribution in [0.15, 0.2) is 0 Å². The minimum absolute atomic E-state index is 0.125. The van der Waals surface area contributed by atoms with Gasteiger partial charge in [-0.15, -0.1) is 0 Å². The van der Waals surface area contributed by atoms with Gasteiger partial charge in [0.1, 0.15) is 0 Å². The Morgan fingerprint density at radius 2 is 0.295 bits per heavy atom. The molecule has 0 saturated heterocycles. The van der Waals surface area contributed by atoms with E-state index < -0.39 is 0 Å². The van der Waals surface area contributed by atoms with Crippen molar-refractivity contribution in [3.63, 3.8) is 0 Å². The maximum atomic E-state index is 10.4. The molecule has 1 radical (unpaired) electrons. The van der Waals surface area contributed by atoms with Crippen LogP contribution in [0.25, 0.3) is 0 Å². The molecule has 44 heavy (non-hydrogen) atoms. The van der Waals surface area contributed by atoms with E-state index in [1.807, 2.05) is 0 Å². The summed E-state index contributed by atoms with van der Waals surface area (Å²) in [4.78, 5) is 0. The van der Waals surface area contributed by atoms with E-state index in [0.29, 0.717) is 0 Å². The van der Waals surface area contributed by atoms with Crippen molar-refractivity contribution >= 4 is 0 Å². The van der Waals surface area contributed by atoms with Crippen molar-refractivity contribution in [2.45, 2.75) is 270 Å². The zero-order chi connectivity index (χ0) is 31.7. The summed E-state index contributed by atoms with van der Waals surface area (Å²) >= 11 is 0. The summed E-state index contributed by atoms with van der Waals surface area (Å²) in [5.74, 6) is 0. The van der Waals surface area contributed by atoms with Gasteiger partial charge in [-0.2, -0.15) is 0 Å². The van der Waals surface area contributed by atoms with Gasteiger partial charge in [-0.05, 0) is 6.42 Å². The molecule has 0 aromatic heterocycles. The number of rotatable bonds is 41. The molecule has 0 aliphatic heterocycles. The number of unbranched alkanes of at least 4 members (excludes halogenated alkanes) is 40. The standard InChI is InChI=1S/C43H87O/c1-2-3-4-5-6-7-8-9-10-11-12-13-14-15-16-17-18-19-20-21-22-23-24-25-26-27-28-29-30-31-32-33-34-35-36-37-38-39-40-41-42-43-44/h2-43H2,1H3. The molecule has 0 unspecified atom stereocenters. The normalized spacial score (nSPS) is 11.6. The topological polar surface area (TPSA) is 19.9 Å². The van der Waals surface area contributed by atoms with Crippen LogP contribution in [0, 0.1) is 0 Å². The van der Waals surface area contributed by atoms with E-state index in [0.717, 1.165) is 12.8 Å². The molecule has 1 nitrogen and oxygen atoms in total. The number of hydrogen-bond donors (Lipinski definition) is 0. The Labute approximate surface area is 281 Å². The minimum Gasteiger partial charge on any atom is -0.237 e. The number of hydrogen-bond acceptors (Lipinski definition) is 0. The van der Waals surface area contributed by atoms with E-state index in [1.165, 1.54) is 250 Å². The third kappa shape index (κ3) is 42.0. The van der Waals surface area contributed by atoms with Crippen LogP contribution >= 0.6 is 0 Å². The highest BCUT2D eigenvalue weighted by molar-refractivity contribution is 4.53. The summed E-state index contributed by atoms with van der Waals surface area (Å²) in [6.07, 6.45) is 59.1. The fourth-order valence-corrected chi connectivity index (χ4v) is 7.07. The van der Waals surface area contributed by atoms with Crippen molar-refractivity contribution in [1.82, 2.24) is 0 Å². The average molecular weight is 620 g/mol. The fourth-order valence-electron chi connectivity index (χ4n) is 7.07. The van der Waals surface area contributed by atoms with Gasteiger partial charge in [0.25, 0.3) is 0 Å². The van der Waals surface area contributed by atoms with Crippen LogP contribution < -0.4 is 0 Å². The third-order valence-corrected chi connectivity index (χ3v) is 10.2. The van der Waals surface area contributed by atoms with E-state index in [9.17, 15) is 5.11 Å². The van der Waals surface area contributed by atoms with Crippen LogP contribution in [0.3, 0.4) is 0 Å². The lowest BCUT2D eigenvalue weighted by Gasteiger charge is -2.05. The van der Waals surface area contributed by atoms with Gasteiger partial charge in [0.15, 0.2) is 0 Å². The van der Waals surface area contributed by atoms with Gasteiger partial charge in [-0.3, -0.25) is 0 Å². The molecule has 0 N–H and O–H groups in total. The molecule has 0 bridgehead atoms. The smallest absolute Gasteiger partial charge is 0.0822 e. The van der Waals surface area contributed by atoms with E-state index in [4.69, 9.17) is 0 Å². The minimum atomic E-state index is 0.125. The summed E-state index contributed by atoms with van der Waals surface area (Å²) in [5, 5.41) is 10.4. The largest absolute Gasteiger partial charge is 0.237 e. The molecule has 0 fully saturated rings. The SMILES string of the molecule is CCCCCCCCCCCCCCCCCCCCCCCCCCCCCCCCCCCCCCCCCCC[O]. The Kier molecular flexibility index (Phi) is 42.9. The maximum Gasteiger partial charge on any atom is 0.0822 e. The van der Waals surface area contributed by atoms with Crippen LogP contribution in [0.2, 0.25) is 0 Å². The quantitative estimate of drug-likeness (QED) is 0.0607. The van der Waals surface area contributed by atoms with Crippen molar-refractivity contribution in [2.75, 3.05) is 6.61 Å². The molecule has 0 heterocycles. The first kappa shape index (κ1) is 44.0. The van der Waals surface area contributed by atoms with Crippen molar-refractivity contribution in [3.05, 3.63) is 0 Å². The van der Waals surface area contributed by atoms with E-state index >= 15 is 0 Å². The first-order valence-corrected chi connectivity index (χ1v) is 21.5. The Balaban J connectivity index is 3.03. The molecule has 0 aromatic rings. The predicted octanol–water partition coefficient (Wildman–Crippen LogP) is 16.4. The van der Waals surface area contributed by atoms with Crippen molar-refractivity contribution in [1.29, 1.82) is 0 Å². The second-order valence-corrected chi connectivity index (χ2v) is 14.8. The molecule has 0 aliphatic rings. The Morgan fingerprint density at radius 1 is 0.182 bits per heavy atom. The molecule has 0 saturated carbocycles. The van der Waals surface area contributed by atoms with Crippen molar-refractivity contribution < 1.29 is 5.11 Å². The highest BCUT2D eigenvalue weighted by atomic mass is 16.2. The zero-order valence-corrected chi connectivity index (χ0v) is 31.1. The molecule has 0 aromatic carbocycles. The summed E-state index contributed by atoms with van der Waals surface area (Å²) in [5.41, 5.74) is 0. The summed E-state index contributed by atoms with van der Waals surface area (Å²) in [6.45, 7) is 2.43. The van der Waals surface area contributed by atoms with E-state index in [1.54, 1.807) is 0 Å². The van der Waals surface area contributed by atoms with Crippen LogP contribution in [0.5, 0.6) is 0 Å². The monoisotopic (exact) mass is 620 g/mol. The van der Waals surface area contributed by atoms with Gasteiger partial charge in [-0.1, -0.05) is 264 Å². The van der Waals surface area contributed by atoms with Gasteiger partial charge in [0, 0.05) is 0 Å². The van der Waals surface area contributed by atoms with Gasteiger partial charge in [0.05, 0.1) is 6.61 Å². The predicted molar refractivity (Wildman–Crippen MR) is 201 cm³/mol. The lowest BCUT2D eigenvalue weighted by molar-refractivity contribution is 0.186. The van der Waals surface area contributed by atoms with Gasteiger partial charge in [0.2, 0.25) is 0 Å². The molecule has 0 amide bonds. The molecule has 1 heteroatoms. The molecule has 0 atom stereocenters. The molecule has 0 aliphatic carbocycles. The highest BCUT2D eigenvalue weighted by Crippen LogP contribution is 2.17. The van der Waals surface area contributed by atoms with Gasteiger partial charge >= 0.3 is 0 Å². The fraction of sp³-hybridized carbons (Fsp3) is 1.00. The average Bonchev–Trinajstić information content (AvgIpc) is 3.04. The van der Waals surface area contributed by atoms with Crippen LogP contribution in [-0.2, 0) is 5.11 Å².